The van der Waals surface area contributed by atoms with E-state index in [-0.39, 0.29) is 6.10 Å². The number of rotatable bonds is 5. The second-order valence-corrected chi connectivity index (χ2v) is 5.21. The smallest absolute Gasteiger partial charge is 0.168 e. The lowest BCUT2D eigenvalue weighted by molar-refractivity contribution is -0.264. The van der Waals surface area contributed by atoms with E-state index in [2.05, 4.69) is 0 Å². The molecule has 2 aliphatic rings. The Labute approximate surface area is 129 Å². The monoisotopic (exact) mass is 301 g/mol. The fourth-order valence-corrected chi connectivity index (χ4v) is 2.60. The minimum Gasteiger partial charge on any atom is -0.379 e. The summed E-state index contributed by atoms with van der Waals surface area (Å²) in [6.45, 7) is 3.79. The summed E-state index contributed by atoms with van der Waals surface area (Å²) in [5.74, 6) is 0.723. The molecule has 5 nitrogen and oxygen atoms in total. The molecular formula is C17H19NO4. The third kappa shape index (κ3) is 3.05. The van der Waals surface area contributed by atoms with Crippen LogP contribution in [0.2, 0.25) is 0 Å². The molecule has 1 unspecified atom stereocenters. The van der Waals surface area contributed by atoms with Crippen LogP contribution in [-0.2, 0) is 20.8 Å². The predicted octanol–water partition coefficient (Wildman–Crippen LogP) is 2.42. The summed E-state index contributed by atoms with van der Waals surface area (Å²) >= 11 is 0. The number of allylic oxidation sites excluding steroid dienone is 3. The van der Waals surface area contributed by atoms with Gasteiger partial charge in [0.2, 0.25) is 0 Å². The zero-order chi connectivity index (χ0) is 15.4. The van der Waals surface area contributed by atoms with Crippen molar-refractivity contribution in [3.8, 4) is 5.75 Å². The Kier molecular flexibility index (Phi) is 4.56. The largest absolute Gasteiger partial charge is 0.379 e. The Balaban J connectivity index is 1.80. The highest BCUT2D eigenvalue weighted by molar-refractivity contribution is 5.82. The summed E-state index contributed by atoms with van der Waals surface area (Å²) in [5, 5.41) is 0. The summed E-state index contributed by atoms with van der Waals surface area (Å²) in [5.41, 5.74) is 2.69. The molecule has 0 bridgehead atoms. The van der Waals surface area contributed by atoms with Gasteiger partial charge in [-0.05, 0) is 31.2 Å². The molecule has 22 heavy (non-hydrogen) atoms. The topological polar surface area (TPSA) is 48.0 Å². The standard InChI is InChI=1S/C17H19NO4/c1-2-20-12-16-10-13-9-14(6-7-17(13)22-21-16)18-8-4-3-5-15(18)11-19/h3-7,9,11,16H,2,8,10,12H2,1H3. The molecule has 0 aromatic heterocycles. The van der Waals surface area contributed by atoms with Gasteiger partial charge in [-0.2, -0.15) is 4.89 Å². The second-order valence-electron chi connectivity index (χ2n) is 5.21. The van der Waals surface area contributed by atoms with E-state index in [0.717, 1.165) is 29.7 Å². The van der Waals surface area contributed by atoms with Crippen molar-refractivity contribution in [2.24, 2.45) is 0 Å². The first-order chi connectivity index (χ1) is 10.8. The summed E-state index contributed by atoms with van der Waals surface area (Å²) in [7, 11) is 0. The number of fused-ring (bicyclic) bond motifs is 1. The molecule has 0 saturated heterocycles. The van der Waals surface area contributed by atoms with Crippen molar-refractivity contribution in [3.05, 3.63) is 47.7 Å². The highest BCUT2D eigenvalue weighted by Crippen LogP contribution is 2.32. The minimum absolute atomic E-state index is 0.106. The Morgan fingerprint density at radius 3 is 3.18 bits per heavy atom. The Bertz CT molecular complexity index is 609. The van der Waals surface area contributed by atoms with E-state index < -0.39 is 0 Å². The summed E-state index contributed by atoms with van der Waals surface area (Å²) in [6.07, 6.45) is 7.23. The molecule has 1 aromatic carbocycles. The molecule has 0 spiro atoms. The molecule has 116 valence electrons. The lowest BCUT2D eigenvalue weighted by Gasteiger charge is -2.28. The zero-order valence-corrected chi connectivity index (χ0v) is 12.5. The number of carbonyl (C=O) groups excluding carboxylic acids is 1. The van der Waals surface area contributed by atoms with Gasteiger partial charge >= 0.3 is 0 Å². The molecule has 1 atom stereocenters. The average molecular weight is 301 g/mol. The zero-order valence-electron chi connectivity index (χ0n) is 12.5. The quantitative estimate of drug-likeness (QED) is 0.617. The van der Waals surface area contributed by atoms with Crippen LogP contribution < -0.4 is 9.79 Å². The predicted molar refractivity (Wildman–Crippen MR) is 82.8 cm³/mol. The fraction of sp³-hybridized carbons (Fsp3) is 0.353. The summed E-state index contributed by atoms with van der Waals surface area (Å²) < 4.78 is 5.39. The van der Waals surface area contributed by atoms with E-state index in [9.17, 15) is 4.79 Å². The van der Waals surface area contributed by atoms with Crippen molar-refractivity contribution in [3.63, 3.8) is 0 Å². The van der Waals surface area contributed by atoms with E-state index >= 15 is 0 Å². The number of nitrogens with zero attached hydrogens (tertiary/aromatic N) is 1. The van der Waals surface area contributed by atoms with Gasteiger partial charge in [0.25, 0.3) is 0 Å². The molecule has 0 N–H and O–H groups in total. The van der Waals surface area contributed by atoms with Gasteiger partial charge in [-0.25, -0.2) is 0 Å². The van der Waals surface area contributed by atoms with Gasteiger partial charge in [0.1, 0.15) is 6.10 Å². The van der Waals surface area contributed by atoms with Crippen molar-refractivity contribution in [1.82, 2.24) is 0 Å². The molecule has 2 heterocycles. The van der Waals surface area contributed by atoms with Crippen LogP contribution in [0.1, 0.15) is 12.5 Å². The van der Waals surface area contributed by atoms with E-state index in [1.165, 1.54) is 0 Å². The van der Waals surface area contributed by atoms with Gasteiger partial charge in [-0.1, -0.05) is 12.2 Å². The van der Waals surface area contributed by atoms with E-state index in [1.54, 1.807) is 0 Å². The van der Waals surface area contributed by atoms with Gasteiger partial charge in [0.05, 0.1) is 12.3 Å². The van der Waals surface area contributed by atoms with Crippen LogP contribution in [0.4, 0.5) is 5.69 Å². The number of hydrogen-bond donors (Lipinski definition) is 0. The Morgan fingerprint density at radius 2 is 2.36 bits per heavy atom. The third-order valence-corrected chi connectivity index (χ3v) is 3.71. The third-order valence-electron chi connectivity index (χ3n) is 3.71. The maximum absolute atomic E-state index is 11.2. The van der Waals surface area contributed by atoms with E-state index in [4.69, 9.17) is 14.5 Å². The van der Waals surface area contributed by atoms with Gasteiger partial charge < -0.3 is 14.5 Å². The molecule has 0 saturated carbocycles. The number of carbonyl (C=O) groups is 1. The van der Waals surface area contributed by atoms with E-state index in [0.29, 0.717) is 25.5 Å². The van der Waals surface area contributed by atoms with Gasteiger partial charge in [0.15, 0.2) is 12.0 Å². The van der Waals surface area contributed by atoms with E-state index in [1.807, 2.05) is 48.3 Å². The van der Waals surface area contributed by atoms with Crippen LogP contribution >= 0.6 is 0 Å². The van der Waals surface area contributed by atoms with Crippen LogP contribution in [0, 0.1) is 0 Å². The van der Waals surface area contributed by atoms with Crippen molar-refractivity contribution in [2.45, 2.75) is 19.4 Å². The van der Waals surface area contributed by atoms with Crippen LogP contribution in [0.3, 0.4) is 0 Å². The van der Waals surface area contributed by atoms with Gasteiger partial charge in [0, 0.05) is 30.8 Å². The maximum Gasteiger partial charge on any atom is 0.168 e. The minimum atomic E-state index is -0.106. The first-order valence-electron chi connectivity index (χ1n) is 7.45. The Morgan fingerprint density at radius 1 is 1.45 bits per heavy atom. The van der Waals surface area contributed by atoms with Crippen LogP contribution in [0.15, 0.2) is 42.1 Å². The first-order valence-corrected chi connectivity index (χ1v) is 7.45. The molecule has 5 heteroatoms. The van der Waals surface area contributed by atoms with Crippen LogP contribution in [-0.4, -0.2) is 32.1 Å². The number of anilines is 1. The Hall–Kier alpha value is -2.11. The number of aldehydes is 1. The first kappa shape index (κ1) is 14.8. The molecule has 0 fully saturated rings. The SMILES string of the molecule is CCOCC1Cc2cc(N3CC=CC=C3C=O)ccc2OO1. The normalized spacial score (nSPS) is 20.1. The fourth-order valence-electron chi connectivity index (χ4n) is 2.60. The molecule has 1 aromatic rings. The second kappa shape index (κ2) is 6.77. The number of benzene rings is 1. The molecule has 0 amide bonds. The molecular weight excluding hydrogens is 282 g/mol. The highest BCUT2D eigenvalue weighted by atomic mass is 17.2. The van der Waals surface area contributed by atoms with Crippen molar-refractivity contribution in [1.29, 1.82) is 0 Å². The van der Waals surface area contributed by atoms with Crippen LogP contribution in [0.5, 0.6) is 5.75 Å². The van der Waals surface area contributed by atoms with Gasteiger partial charge in [-0.3, -0.25) is 4.79 Å². The summed E-state index contributed by atoms with van der Waals surface area (Å²) in [6, 6.07) is 5.86. The molecule has 3 rings (SSSR count). The lowest BCUT2D eigenvalue weighted by atomic mass is 10.0. The number of ether oxygens (including phenoxy) is 1. The van der Waals surface area contributed by atoms with Crippen LogP contribution in [0.25, 0.3) is 0 Å². The molecule has 2 aliphatic heterocycles. The van der Waals surface area contributed by atoms with Crippen molar-refractivity contribution in [2.75, 3.05) is 24.7 Å². The van der Waals surface area contributed by atoms with Crippen molar-refractivity contribution < 1.29 is 19.3 Å². The van der Waals surface area contributed by atoms with Gasteiger partial charge in [-0.15, -0.1) is 0 Å². The highest BCUT2D eigenvalue weighted by Gasteiger charge is 2.23. The summed E-state index contributed by atoms with van der Waals surface area (Å²) in [4.78, 5) is 23.8. The molecule has 0 aliphatic carbocycles. The molecule has 0 radical (unpaired) electrons. The maximum atomic E-state index is 11.2. The lowest BCUT2D eigenvalue weighted by Crippen LogP contribution is -2.29. The average Bonchev–Trinajstić information content (AvgIpc) is 2.59. The number of hydrogen-bond acceptors (Lipinski definition) is 5. The van der Waals surface area contributed by atoms with Crippen molar-refractivity contribution >= 4 is 12.0 Å².